The van der Waals surface area contributed by atoms with Crippen molar-refractivity contribution in [1.29, 1.82) is 0 Å². The molecule has 0 saturated carbocycles. The molecule has 1 N–H and O–H groups in total. The number of likely N-dealkylation sites (tertiary alicyclic amines) is 1. The van der Waals surface area contributed by atoms with Crippen molar-refractivity contribution in [2.75, 3.05) is 25.0 Å². The van der Waals surface area contributed by atoms with Crippen molar-refractivity contribution in [3.8, 4) is 0 Å². The molecule has 1 saturated heterocycles. The summed E-state index contributed by atoms with van der Waals surface area (Å²) in [7, 11) is 5.87. The van der Waals surface area contributed by atoms with Gasteiger partial charge in [0.05, 0.1) is 6.61 Å². The Morgan fingerprint density at radius 1 is 1.43 bits per heavy atom. The summed E-state index contributed by atoms with van der Waals surface area (Å²) in [5, 5.41) is 7.92. The number of hydrogen-bond acceptors (Lipinski definition) is 6. The van der Waals surface area contributed by atoms with Crippen LogP contribution in [0.1, 0.15) is 58.3 Å². The largest absolute Gasteiger partial charge is 0.462 e. The smallest absolute Gasteiger partial charge is 0.343 e. The van der Waals surface area contributed by atoms with Gasteiger partial charge in [0.2, 0.25) is 0 Å². The van der Waals surface area contributed by atoms with Crippen LogP contribution < -0.4 is 10.9 Å². The molecule has 0 amide bonds. The van der Waals surface area contributed by atoms with Crippen LogP contribution in [0.5, 0.6) is 0 Å². The number of rotatable bonds is 4. The molecule has 3 heterocycles. The zero-order valence-corrected chi connectivity index (χ0v) is 17.7. The number of carbonyl (C=O) groups excluding carboxylic acids is 1. The summed E-state index contributed by atoms with van der Waals surface area (Å²) < 4.78 is 6.83. The van der Waals surface area contributed by atoms with Crippen molar-refractivity contribution in [2.45, 2.75) is 59.5 Å². The maximum atomic E-state index is 12.5. The number of carbonyl (C=O) groups is 1. The molecule has 1 fully saturated rings. The van der Waals surface area contributed by atoms with Crippen LogP contribution >= 0.6 is 0 Å². The highest BCUT2D eigenvalue weighted by Crippen LogP contribution is 2.35. The number of piperidine rings is 1. The summed E-state index contributed by atoms with van der Waals surface area (Å²) in [5.74, 6) is 0.167. The van der Waals surface area contributed by atoms with Crippen LogP contribution in [-0.4, -0.2) is 64.6 Å². The molecule has 0 aliphatic carbocycles. The van der Waals surface area contributed by atoms with E-state index in [0.29, 0.717) is 29.2 Å². The predicted octanol–water partition coefficient (Wildman–Crippen LogP) is 2.01. The van der Waals surface area contributed by atoms with Gasteiger partial charge in [-0.05, 0) is 45.6 Å². The molecule has 3 rings (SSSR count). The van der Waals surface area contributed by atoms with E-state index in [-0.39, 0.29) is 17.0 Å². The zero-order chi connectivity index (χ0) is 20.7. The van der Waals surface area contributed by atoms with Gasteiger partial charge < -0.3 is 10.1 Å². The monoisotopic (exact) mass is 383 g/mol. The lowest BCUT2D eigenvalue weighted by Gasteiger charge is -2.49. The van der Waals surface area contributed by atoms with Gasteiger partial charge in [-0.3, -0.25) is 4.90 Å². The fourth-order valence-electron chi connectivity index (χ4n) is 3.81. The Hall–Kier alpha value is -2.09. The number of esters is 1. The molecule has 0 aromatic carbocycles. The minimum absolute atomic E-state index is 0.00818. The van der Waals surface area contributed by atoms with Crippen LogP contribution in [0.25, 0.3) is 5.65 Å². The van der Waals surface area contributed by atoms with Crippen molar-refractivity contribution >= 4 is 30.9 Å². The average molecular weight is 383 g/mol. The average Bonchev–Trinajstić information content (AvgIpc) is 2.96. The molecule has 2 aromatic rings. The topological polar surface area (TPSA) is 71.8 Å². The summed E-state index contributed by atoms with van der Waals surface area (Å²) in [4.78, 5) is 19.3. The highest BCUT2D eigenvalue weighted by molar-refractivity contribution is 6.31. The highest BCUT2D eigenvalue weighted by Gasteiger charge is 2.40. The van der Waals surface area contributed by atoms with Gasteiger partial charge in [0.15, 0.2) is 5.65 Å². The first kappa shape index (κ1) is 20.6. The van der Waals surface area contributed by atoms with Crippen molar-refractivity contribution in [1.82, 2.24) is 19.5 Å². The Morgan fingerprint density at radius 2 is 2.14 bits per heavy atom. The lowest BCUT2D eigenvalue weighted by Crippen LogP contribution is -2.57. The lowest BCUT2D eigenvalue weighted by molar-refractivity contribution is 0.0349. The fraction of sp³-hybridized carbons (Fsp3) is 0.650. The Morgan fingerprint density at radius 3 is 2.75 bits per heavy atom. The van der Waals surface area contributed by atoms with Gasteiger partial charge >= 0.3 is 5.97 Å². The maximum absolute atomic E-state index is 12.5. The van der Waals surface area contributed by atoms with E-state index in [4.69, 9.17) is 12.6 Å². The van der Waals surface area contributed by atoms with Crippen molar-refractivity contribution in [3.63, 3.8) is 0 Å². The van der Waals surface area contributed by atoms with E-state index >= 15 is 0 Å². The summed E-state index contributed by atoms with van der Waals surface area (Å²) in [6.07, 6.45) is 2.49. The maximum Gasteiger partial charge on any atom is 0.343 e. The van der Waals surface area contributed by atoms with E-state index in [9.17, 15) is 4.79 Å². The molecule has 1 unspecified atom stereocenters. The van der Waals surface area contributed by atoms with Gasteiger partial charge in [-0.1, -0.05) is 13.8 Å². The van der Waals surface area contributed by atoms with Crippen molar-refractivity contribution < 1.29 is 9.53 Å². The van der Waals surface area contributed by atoms with Crippen LogP contribution in [0.2, 0.25) is 0 Å². The van der Waals surface area contributed by atoms with Crippen LogP contribution in [0.3, 0.4) is 0 Å². The molecule has 2 radical (unpaired) electrons. The highest BCUT2D eigenvalue weighted by atomic mass is 16.5. The zero-order valence-electron chi connectivity index (χ0n) is 17.7. The number of nitrogens with one attached hydrogen (secondary N) is 1. The standard InChI is InChI=1S/C20H30BN5O2/c1-7-28-18(27)13-11-22-16-10-15(21)24-26(16)17(13)23-14-8-9-25(19(2,3)4)12-20(14,5)6/h10-11,14,23H,7-9,12H2,1-6H3. The molecule has 1 atom stereocenters. The molecule has 0 spiro atoms. The van der Waals surface area contributed by atoms with Crippen molar-refractivity contribution in [2.24, 2.45) is 5.41 Å². The minimum atomic E-state index is -0.418. The Kier molecular flexibility index (Phi) is 5.45. The van der Waals surface area contributed by atoms with Gasteiger partial charge in [-0.25, -0.2) is 9.78 Å². The first-order valence-electron chi connectivity index (χ1n) is 9.86. The molecule has 0 bridgehead atoms. The summed E-state index contributed by atoms with van der Waals surface area (Å²) in [6.45, 7) is 15.3. The van der Waals surface area contributed by atoms with Crippen LogP contribution in [0.15, 0.2) is 12.3 Å². The molecule has 1 aliphatic rings. The third kappa shape index (κ3) is 4.02. The van der Waals surface area contributed by atoms with E-state index in [2.05, 4.69) is 54.9 Å². The first-order chi connectivity index (χ1) is 13.0. The van der Waals surface area contributed by atoms with Gasteiger partial charge in [0.25, 0.3) is 0 Å². The van der Waals surface area contributed by atoms with Gasteiger partial charge in [-0.15, -0.1) is 0 Å². The Bertz CT molecular complexity index is 871. The number of nitrogens with zero attached hydrogens (tertiary/aromatic N) is 4. The van der Waals surface area contributed by atoms with Gasteiger partial charge in [0.1, 0.15) is 19.2 Å². The first-order valence-corrected chi connectivity index (χ1v) is 9.86. The SMILES string of the molecule is [B]c1cc2ncc(C(=O)OCC)c(NC3CCN(C(C)(C)C)CC3(C)C)n2n1. The molecule has 8 heteroatoms. The second-order valence-corrected chi connectivity index (χ2v) is 9.15. The fourth-order valence-corrected chi connectivity index (χ4v) is 3.81. The predicted molar refractivity (Wildman–Crippen MR) is 111 cm³/mol. The molecule has 150 valence electrons. The van der Waals surface area contributed by atoms with E-state index in [1.54, 1.807) is 17.5 Å². The number of hydrogen-bond donors (Lipinski definition) is 1. The van der Waals surface area contributed by atoms with E-state index < -0.39 is 5.97 Å². The molecular formula is C20H30BN5O2. The van der Waals surface area contributed by atoms with E-state index in [1.807, 2.05) is 0 Å². The Balaban J connectivity index is 1.97. The molecule has 7 nitrogen and oxygen atoms in total. The van der Waals surface area contributed by atoms with Crippen LogP contribution in [0.4, 0.5) is 5.82 Å². The van der Waals surface area contributed by atoms with Crippen molar-refractivity contribution in [3.05, 3.63) is 17.8 Å². The Labute approximate surface area is 168 Å². The minimum Gasteiger partial charge on any atom is -0.462 e. The van der Waals surface area contributed by atoms with Gasteiger partial charge in [0, 0.05) is 36.5 Å². The molecular weight excluding hydrogens is 353 g/mol. The number of anilines is 1. The summed E-state index contributed by atoms with van der Waals surface area (Å²) >= 11 is 0. The molecule has 28 heavy (non-hydrogen) atoms. The second kappa shape index (κ2) is 7.39. The summed E-state index contributed by atoms with van der Waals surface area (Å²) in [5.41, 5.74) is 1.44. The lowest BCUT2D eigenvalue weighted by atomic mass is 9.77. The number of fused-ring (bicyclic) bond motifs is 1. The quantitative estimate of drug-likeness (QED) is 0.643. The van der Waals surface area contributed by atoms with Gasteiger partial charge in [-0.2, -0.15) is 9.61 Å². The normalized spacial score (nSPS) is 20.3. The second-order valence-electron chi connectivity index (χ2n) is 9.15. The van der Waals surface area contributed by atoms with E-state index in [0.717, 1.165) is 19.5 Å². The number of ether oxygens (including phenoxy) is 1. The summed E-state index contributed by atoms with van der Waals surface area (Å²) in [6, 6.07) is 1.85. The third-order valence-electron chi connectivity index (χ3n) is 5.49. The van der Waals surface area contributed by atoms with Crippen LogP contribution in [-0.2, 0) is 4.74 Å². The number of aromatic nitrogens is 3. The third-order valence-corrected chi connectivity index (χ3v) is 5.49. The molecule has 2 aromatic heterocycles. The van der Waals surface area contributed by atoms with Crippen LogP contribution in [0, 0.1) is 5.41 Å². The molecule has 1 aliphatic heterocycles. The van der Waals surface area contributed by atoms with E-state index in [1.165, 1.54) is 6.20 Å².